The zero-order chi connectivity index (χ0) is 18.2. The fourth-order valence-electron chi connectivity index (χ4n) is 3.19. The Morgan fingerprint density at radius 1 is 1.07 bits per heavy atom. The van der Waals surface area contributed by atoms with Crippen LogP contribution in [-0.2, 0) is 0 Å². The van der Waals surface area contributed by atoms with E-state index in [-0.39, 0.29) is 5.78 Å². The Morgan fingerprint density at radius 2 is 1.93 bits per heavy atom. The summed E-state index contributed by atoms with van der Waals surface area (Å²) in [5, 5.41) is 13.9. The van der Waals surface area contributed by atoms with Gasteiger partial charge in [-0.05, 0) is 41.1 Å². The lowest BCUT2D eigenvalue weighted by molar-refractivity contribution is 0.102. The number of fused-ring (bicyclic) bond motifs is 1. The number of Topliss-reactive ketones (excluding diaryl/α,β-unsaturated/α-hetero) is 1. The van der Waals surface area contributed by atoms with Crippen molar-refractivity contribution < 1.29 is 4.79 Å². The second kappa shape index (κ2) is 6.94. The Balaban J connectivity index is 1.37. The SMILES string of the molecule is O=C(CSc1nnc(-c2cccs2)n1C1CC1)c1ccc2ccccc2c1. The van der Waals surface area contributed by atoms with Crippen molar-refractivity contribution in [1.29, 1.82) is 0 Å². The Labute approximate surface area is 165 Å². The van der Waals surface area contributed by atoms with Crippen LogP contribution in [0.1, 0.15) is 29.2 Å². The summed E-state index contributed by atoms with van der Waals surface area (Å²) < 4.78 is 2.21. The van der Waals surface area contributed by atoms with Gasteiger partial charge in [0.05, 0.1) is 10.6 Å². The van der Waals surface area contributed by atoms with E-state index in [4.69, 9.17) is 0 Å². The van der Waals surface area contributed by atoms with Gasteiger partial charge in [-0.1, -0.05) is 54.2 Å². The third-order valence-corrected chi connectivity index (χ3v) is 6.53. The minimum absolute atomic E-state index is 0.119. The molecular weight excluding hydrogens is 374 g/mol. The van der Waals surface area contributed by atoms with Gasteiger partial charge >= 0.3 is 0 Å². The Kier molecular flexibility index (Phi) is 4.30. The zero-order valence-electron chi connectivity index (χ0n) is 14.5. The highest BCUT2D eigenvalue weighted by Crippen LogP contribution is 2.41. The van der Waals surface area contributed by atoms with E-state index >= 15 is 0 Å². The molecule has 4 aromatic rings. The average Bonchev–Trinajstić information content (AvgIpc) is 3.23. The first kappa shape index (κ1) is 16.7. The summed E-state index contributed by atoms with van der Waals surface area (Å²) in [4.78, 5) is 13.8. The van der Waals surface area contributed by atoms with Crippen LogP contribution in [0.4, 0.5) is 0 Å². The van der Waals surface area contributed by atoms with Gasteiger partial charge < -0.3 is 0 Å². The molecule has 0 amide bonds. The van der Waals surface area contributed by atoms with Gasteiger partial charge in [0.15, 0.2) is 16.8 Å². The predicted octanol–water partition coefficient (Wildman–Crippen LogP) is 5.47. The third-order valence-electron chi connectivity index (χ3n) is 4.72. The molecule has 0 bridgehead atoms. The highest BCUT2D eigenvalue weighted by Gasteiger charge is 2.30. The molecule has 1 aliphatic carbocycles. The van der Waals surface area contributed by atoms with Crippen molar-refractivity contribution in [2.45, 2.75) is 24.0 Å². The molecular formula is C21H17N3OS2. The van der Waals surface area contributed by atoms with Gasteiger partial charge in [0.1, 0.15) is 0 Å². The highest BCUT2D eigenvalue weighted by molar-refractivity contribution is 7.99. The zero-order valence-corrected chi connectivity index (χ0v) is 16.2. The molecule has 27 heavy (non-hydrogen) atoms. The fraction of sp³-hybridized carbons (Fsp3) is 0.190. The largest absolute Gasteiger partial charge is 0.298 e. The monoisotopic (exact) mass is 391 g/mol. The van der Waals surface area contributed by atoms with Crippen LogP contribution in [0.5, 0.6) is 0 Å². The molecule has 0 atom stereocenters. The number of benzene rings is 2. The van der Waals surface area contributed by atoms with E-state index in [9.17, 15) is 4.79 Å². The molecule has 1 fully saturated rings. The van der Waals surface area contributed by atoms with Crippen molar-refractivity contribution in [2.24, 2.45) is 0 Å². The van der Waals surface area contributed by atoms with Gasteiger partial charge in [-0.3, -0.25) is 9.36 Å². The number of hydrogen-bond donors (Lipinski definition) is 0. The molecule has 0 spiro atoms. The Morgan fingerprint density at radius 3 is 2.70 bits per heavy atom. The molecule has 2 aromatic heterocycles. The lowest BCUT2D eigenvalue weighted by Crippen LogP contribution is -2.05. The first-order valence-corrected chi connectivity index (χ1v) is 10.8. The number of thioether (sulfide) groups is 1. The summed E-state index contributed by atoms with van der Waals surface area (Å²) in [7, 11) is 0. The average molecular weight is 392 g/mol. The van der Waals surface area contributed by atoms with Crippen LogP contribution >= 0.6 is 23.1 Å². The lowest BCUT2D eigenvalue weighted by atomic mass is 10.1. The molecule has 1 aliphatic rings. The quantitative estimate of drug-likeness (QED) is 0.323. The van der Waals surface area contributed by atoms with Crippen LogP contribution in [0.15, 0.2) is 65.1 Å². The standard InChI is InChI=1S/C21H17N3OS2/c25-18(16-8-7-14-4-1-2-5-15(14)12-16)13-27-21-23-22-20(19-6-3-11-26-19)24(21)17-9-10-17/h1-8,11-12,17H,9-10,13H2. The number of carbonyl (C=O) groups is 1. The number of nitrogens with zero attached hydrogens (tertiary/aromatic N) is 3. The molecule has 0 saturated heterocycles. The number of thiophene rings is 1. The minimum Gasteiger partial charge on any atom is -0.298 e. The fourth-order valence-corrected chi connectivity index (χ4v) is 4.79. The van der Waals surface area contributed by atoms with Crippen LogP contribution in [0.25, 0.3) is 21.5 Å². The molecule has 2 aromatic carbocycles. The Hall–Kier alpha value is -2.44. The highest BCUT2D eigenvalue weighted by atomic mass is 32.2. The summed E-state index contributed by atoms with van der Waals surface area (Å²) >= 11 is 3.16. The molecule has 0 aliphatic heterocycles. The maximum atomic E-state index is 12.7. The summed E-state index contributed by atoms with van der Waals surface area (Å²) in [5.74, 6) is 1.41. The number of aromatic nitrogens is 3. The second-order valence-corrected chi connectivity index (χ2v) is 8.55. The van der Waals surface area contributed by atoms with E-state index in [1.54, 1.807) is 11.3 Å². The van der Waals surface area contributed by atoms with Crippen molar-refractivity contribution in [3.05, 3.63) is 65.5 Å². The molecule has 0 unspecified atom stereocenters. The molecule has 2 heterocycles. The van der Waals surface area contributed by atoms with Crippen molar-refractivity contribution >= 4 is 39.7 Å². The van der Waals surface area contributed by atoms with E-state index in [1.807, 2.05) is 42.5 Å². The number of ketones is 1. The number of hydrogen-bond acceptors (Lipinski definition) is 5. The maximum Gasteiger partial charge on any atom is 0.192 e. The van der Waals surface area contributed by atoms with E-state index in [1.165, 1.54) is 11.8 Å². The van der Waals surface area contributed by atoms with Crippen LogP contribution in [-0.4, -0.2) is 26.3 Å². The Bertz CT molecular complexity index is 1110. The summed E-state index contributed by atoms with van der Waals surface area (Å²) in [6, 6.07) is 18.6. The summed E-state index contributed by atoms with van der Waals surface area (Å²) in [6.45, 7) is 0. The number of rotatable bonds is 6. The lowest BCUT2D eigenvalue weighted by Gasteiger charge is -2.07. The normalized spacial score (nSPS) is 13.9. The van der Waals surface area contributed by atoms with Crippen molar-refractivity contribution in [1.82, 2.24) is 14.8 Å². The van der Waals surface area contributed by atoms with Gasteiger partial charge in [-0.15, -0.1) is 21.5 Å². The van der Waals surface area contributed by atoms with E-state index in [0.29, 0.717) is 11.8 Å². The number of carbonyl (C=O) groups excluding carboxylic acids is 1. The molecule has 5 rings (SSSR count). The van der Waals surface area contributed by atoms with Crippen molar-refractivity contribution in [3.8, 4) is 10.7 Å². The maximum absolute atomic E-state index is 12.7. The first-order chi connectivity index (χ1) is 13.3. The van der Waals surface area contributed by atoms with Gasteiger partial charge in [-0.25, -0.2) is 0 Å². The second-order valence-electron chi connectivity index (χ2n) is 6.66. The minimum atomic E-state index is 0.119. The smallest absolute Gasteiger partial charge is 0.192 e. The predicted molar refractivity (Wildman–Crippen MR) is 111 cm³/mol. The van der Waals surface area contributed by atoms with Gasteiger partial charge in [-0.2, -0.15) is 0 Å². The topological polar surface area (TPSA) is 47.8 Å². The molecule has 4 nitrogen and oxygen atoms in total. The van der Waals surface area contributed by atoms with Crippen molar-refractivity contribution in [3.63, 3.8) is 0 Å². The van der Waals surface area contributed by atoms with E-state index in [2.05, 4.69) is 32.3 Å². The van der Waals surface area contributed by atoms with Gasteiger partial charge in [0.2, 0.25) is 0 Å². The summed E-state index contributed by atoms with van der Waals surface area (Å²) in [5.41, 5.74) is 0.747. The molecule has 1 saturated carbocycles. The third kappa shape index (κ3) is 3.31. The van der Waals surface area contributed by atoms with Gasteiger partial charge in [0.25, 0.3) is 0 Å². The van der Waals surface area contributed by atoms with Crippen LogP contribution in [0.2, 0.25) is 0 Å². The van der Waals surface area contributed by atoms with Crippen LogP contribution in [0.3, 0.4) is 0 Å². The molecule has 6 heteroatoms. The van der Waals surface area contributed by atoms with Crippen molar-refractivity contribution in [2.75, 3.05) is 5.75 Å². The van der Waals surface area contributed by atoms with Crippen LogP contribution < -0.4 is 0 Å². The summed E-state index contributed by atoms with van der Waals surface area (Å²) in [6.07, 6.45) is 2.31. The van der Waals surface area contributed by atoms with Gasteiger partial charge in [0, 0.05) is 11.6 Å². The van der Waals surface area contributed by atoms with E-state index in [0.717, 1.165) is 45.0 Å². The molecule has 134 valence electrons. The first-order valence-electron chi connectivity index (χ1n) is 8.93. The van der Waals surface area contributed by atoms with Crippen LogP contribution in [0, 0.1) is 0 Å². The molecule has 0 N–H and O–H groups in total. The van der Waals surface area contributed by atoms with E-state index < -0.39 is 0 Å². The molecule has 0 radical (unpaired) electrons.